The lowest BCUT2D eigenvalue weighted by Gasteiger charge is -2.36. The van der Waals surface area contributed by atoms with Crippen molar-refractivity contribution in [1.29, 1.82) is 0 Å². The maximum absolute atomic E-state index is 12.9. The Labute approximate surface area is 214 Å². The van der Waals surface area contributed by atoms with Gasteiger partial charge in [-0.15, -0.1) is 8.78 Å². The number of ether oxygens (including phenoxy) is 1. The number of amides is 1. The number of alkyl halides is 3. The molecule has 0 bridgehead atoms. The van der Waals surface area contributed by atoms with Gasteiger partial charge in [0, 0.05) is 52.6 Å². The maximum Gasteiger partial charge on any atom is 0.487 e. The normalized spacial score (nSPS) is 18.6. The van der Waals surface area contributed by atoms with Crippen LogP contribution in [0.5, 0.6) is 17.2 Å². The van der Waals surface area contributed by atoms with Gasteiger partial charge in [-0.1, -0.05) is 0 Å². The highest BCUT2D eigenvalue weighted by atomic mass is 35.5. The number of aliphatic hydroxyl groups excluding tert-OH is 1. The number of aromatic nitrogens is 2. The van der Waals surface area contributed by atoms with E-state index >= 15 is 0 Å². The molecule has 1 aromatic carbocycles. The van der Waals surface area contributed by atoms with E-state index < -0.39 is 64.6 Å². The molecule has 1 aliphatic heterocycles. The van der Waals surface area contributed by atoms with E-state index in [1.807, 2.05) is 0 Å². The van der Waals surface area contributed by atoms with Crippen LogP contribution in [0.15, 0.2) is 36.0 Å². The second kappa shape index (κ2) is 9.18. The maximum atomic E-state index is 12.9. The molecule has 1 aliphatic rings. The summed E-state index contributed by atoms with van der Waals surface area (Å²) >= 11 is 5.63. The molecule has 0 aliphatic carbocycles. The summed E-state index contributed by atoms with van der Waals surface area (Å²) in [6.45, 7) is 0. The molecule has 3 heterocycles. The minimum absolute atomic E-state index is 0.0445. The van der Waals surface area contributed by atoms with Crippen molar-refractivity contribution in [3.8, 4) is 28.4 Å². The number of aliphatic hydroxyl groups is 5. The van der Waals surface area contributed by atoms with Gasteiger partial charge in [-0.3, -0.25) is 4.79 Å². The molecule has 17 heteroatoms. The summed E-state index contributed by atoms with van der Waals surface area (Å²) in [5.74, 6) is -9.93. The van der Waals surface area contributed by atoms with Crippen molar-refractivity contribution < 1.29 is 54.1 Å². The van der Waals surface area contributed by atoms with Crippen LogP contribution in [-0.4, -0.2) is 74.5 Å². The molecule has 0 radical (unpaired) electrons. The van der Waals surface area contributed by atoms with E-state index in [2.05, 4.69) is 31.0 Å². The monoisotopic (exact) mass is 562 g/mol. The number of phenols is 2. The standard InChI is InChI=1S/C20H17ClF2N4O9S/c21-20(22,23)36-10-2-12(28)15(13(29)3-10)26-17(31)8-1-11(9-6-25-37-7-9)16(24-5-8)27-18(32,33)4-14(30)19(27,34)35/h1-3,5-7,14,28-30,32-35H,4H2,(H,26,31). The van der Waals surface area contributed by atoms with Gasteiger partial charge < -0.3 is 45.8 Å². The predicted molar refractivity (Wildman–Crippen MR) is 122 cm³/mol. The highest BCUT2D eigenvalue weighted by Gasteiger charge is 2.60. The lowest BCUT2D eigenvalue weighted by Crippen LogP contribution is -2.57. The lowest BCUT2D eigenvalue weighted by molar-refractivity contribution is -0.223. The van der Waals surface area contributed by atoms with Crippen molar-refractivity contribution in [3.05, 3.63) is 41.5 Å². The van der Waals surface area contributed by atoms with E-state index in [1.54, 1.807) is 0 Å². The van der Waals surface area contributed by atoms with E-state index in [4.69, 9.17) is 0 Å². The van der Waals surface area contributed by atoms with E-state index in [1.165, 1.54) is 11.6 Å². The number of benzene rings is 1. The van der Waals surface area contributed by atoms with Gasteiger partial charge >= 0.3 is 5.57 Å². The third-order valence-electron chi connectivity index (χ3n) is 5.23. The fourth-order valence-electron chi connectivity index (χ4n) is 3.63. The molecule has 1 saturated heterocycles. The van der Waals surface area contributed by atoms with Gasteiger partial charge in [-0.25, -0.2) is 14.3 Å². The molecule has 2 aromatic heterocycles. The van der Waals surface area contributed by atoms with E-state index in [9.17, 15) is 49.3 Å². The van der Waals surface area contributed by atoms with Crippen LogP contribution >= 0.6 is 23.1 Å². The molecule has 0 spiro atoms. The predicted octanol–water partition coefficient (Wildman–Crippen LogP) is 0.884. The number of aromatic hydroxyl groups is 2. The Morgan fingerprint density at radius 3 is 2.35 bits per heavy atom. The minimum Gasteiger partial charge on any atom is -0.505 e. The molecule has 1 atom stereocenters. The number of anilines is 2. The third-order valence-corrected chi connectivity index (χ3v) is 5.89. The smallest absolute Gasteiger partial charge is 0.487 e. The molecule has 198 valence electrons. The number of nitrogens with one attached hydrogen (secondary N) is 1. The molecule has 4 rings (SSSR count). The summed E-state index contributed by atoms with van der Waals surface area (Å²) in [5, 5.41) is 75.0. The van der Waals surface area contributed by atoms with Gasteiger partial charge in [-0.2, -0.15) is 0 Å². The number of carbonyl (C=O) groups excluding carboxylic acids is 1. The average Bonchev–Trinajstić information content (AvgIpc) is 3.34. The SMILES string of the molecule is O=C(Nc1c(O)cc(OC(F)(F)Cl)cc1O)c1cnc(N2C(O)(O)CC(O)C2(O)O)c(-c2cnsc2)c1. The molecule has 37 heavy (non-hydrogen) atoms. The number of nitrogens with zero attached hydrogens (tertiary/aromatic N) is 3. The first-order valence-electron chi connectivity index (χ1n) is 10.0. The van der Waals surface area contributed by atoms with Gasteiger partial charge in [0.05, 0.1) is 12.0 Å². The van der Waals surface area contributed by atoms with Crippen molar-refractivity contribution >= 4 is 40.5 Å². The summed E-state index contributed by atoms with van der Waals surface area (Å²) in [4.78, 5) is 17.1. The Kier molecular flexibility index (Phi) is 6.62. The van der Waals surface area contributed by atoms with E-state index in [-0.39, 0.29) is 21.6 Å². The molecule has 8 N–H and O–H groups in total. The number of hydrogen-bond acceptors (Lipinski definition) is 13. The minimum atomic E-state index is -4.13. The van der Waals surface area contributed by atoms with Crippen LogP contribution in [0.4, 0.5) is 20.3 Å². The van der Waals surface area contributed by atoms with Crippen LogP contribution in [-0.2, 0) is 0 Å². The van der Waals surface area contributed by atoms with Crippen molar-refractivity contribution in [2.24, 2.45) is 0 Å². The van der Waals surface area contributed by atoms with Crippen molar-refractivity contribution in [2.45, 2.75) is 29.9 Å². The quantitative estimate of drug-likeness (QED) is 0.120. The van der Waals surface area contributed by atoms with Crippen molar-refractivity contribution in [1.82, 2.24) is 9.36 Å². The number of phenolic OH excluding ortho intramolecular Hbond substituents is 2. The van der Waals surface area contributed by atoms with Crippen molar-refractivity contribution in [2.75, 3.05) is 10.2 Å². The zero-order valence-electron chi connectivity index (χ0n) is 18.1. The molecule has 1 fully saturated rings. The first kappa shape index (κ1) is 26.7. The zero-order valence-corrected chi connectivity index (χ0v) is 19.7. The van der Waals surface area contributed by atoms with E-state index in [0.29, 0.717) is 12.1 Å². The van der Waals surface area contributed by atoms with E-state index in [0.717, 1.165) is 23.8 Å². The molecular weight excluding hydrogens is 546 g/mol. The molecule has 1 unspecified atom stereocenters. The lowest BCUT2D eigenvalue weighted by atomic mass is 10.1. The number of carbonyl (C=O) groups is 1. The van der Waals surface area contributed by atoms with Gasteiger partial charge in [-0.05, 0) is 17.6 Å². The number of hydrogen-bond donors (Lipinski definition) is 8. The number of halogens is 3. The first-order chi connectivity index (χ1) is 17.1. The van der Waals surface area contributed by atoms with Crippen LogP contribution in [0.1, 0.15) is 16.8 Å². The van der Waals surface area contributed by atoms with Gasteiger partial charge in [0.2, 0.25) is 0 Å². The molecule has 13 nitrogen and oxygen atoms in total. The molecule has 3 aromatic rings. The molecule has 1 amide bonds. The Morgan fingerprint density at radius 2 is 1.84 bits per heavy atom. The first-order valence-corrected chi connectivity index (χ1v) is 11.2. The number of rotatable bonds is 6. The van der Waals surface area contributed by atoms with Gasteiger partial charge in [0.15, 0.2) is 0 Å². The fourth-order valence-corrected chi connectivity index (χ4v) is 4.25. The fraction of sp³-hybridized carbons (Fsp3) is 0.250. The molecule has 0 saturated carbocycles. The highest BCUT2D eigenvalue weighted by Crippen LogP contribution is 2.44. The van der Waals surface area contributed by atoms with Crippen LogP contribution < -0.4 is 15.0 Å². The van der Waals surface area contributed by atoms with Crippen LogP contribution in [0, 0.1) is 0 Å². The zero-order chi connectivity index (χ0) is 27.3. The average molecular weight is 563 g/mol. The van der Waals surface area contributed by atoms with Crippen molar-refractivity contribution in [3.63, 3.8) is 0 Å². The highest BCUT2D eigenvalue weighted by molar-refractivity contribution is 7.03. The van der Waals surface area contributed by atoms with Crippen LogP contribution in [0.2, 0.25) is 0 Å². The summed E-state index contributed by atoms with van der Waals surface area (Å²) in [5.41, 5.74) is -4.72. The second-order valence-corrected chi connectivity index (χ2v) is 8.96. The third kappa shape index (κ3) is 5.21. The second-order valence-electron chi connectivity index (χ2n) is 7.86. The summed E-state index contributed by atoms with van der Waals surface area (Å²) in [6.07, 6.45) is -0.670. The summed E-state index contributed by atoms with van der Waals surface area (Å²) in [7, 11) is 0. The van der Waals surface area contributed by atoms with Gasteiger partial charge in [0.1, 0.15) is 34.9 Å². The Bertz CT molecular complexity index is 1310. The van der Waals surface area contributed by atoms with Crippen LogP contribution in [0.25, 0.3) is 11.1 Å². The Balaban J connectivity index is 1.71. The topological polar surface area (TPSA) is 209 Å². The van der Waals surface area contributed by atoms with Crippen LogP contribution in [0.3, 0.4) is 0 Å². The number of pyridine rings is 1. The summed E-state index contributed by atoms with van der Waals surface area (Å²) < 4.78 is 33.6. The van der Waals surface area contributed by atoms with Gasteiger partial charge in [0.25, 0.3) is 17.7 Å². The summed E-state index contributed by atoms with van der Waals surface area (Å²) in [6, 6.07) is 2.48. The molecular formula is C20H17ClF2N4O9S. The largest absolute Gasteiger partial charge is 0.505 e. The Morgan fingerprint density at radius 1 is 1.19 bits per heavy atom. The Hall–Kier alpha value is -3.38.